The Balaban J connectivity index is 3.60. The summed E-state index contributed by atoms with van der Waals surface area (Å²) in [6, 6.07) is 0. The van der Waals surface area contributed by atoms with Crippen LogP contribution in [-0.4, -0.2) is 15.1 Å². The van der Waals surface area contributed by atoms with Crippen molar-refractivity contribution < 1.29 is 4.43 Å². The lowest BCUT2D eigenvalue weighted by atomic mass is 10.3. The van der Waals surface area contributed by atoms with Gasteiger partial charge in [0, 0.05) is 0 Å². The highest BCUT2D eigenvalue weighted by molar-refractivity contribution is 6.48. The van der Waals surface area contributed by atoms with Crippen LogP contribution in [-0.2, 0) is 4.43 Å². The Morgan fingerprint density at radius 3 is 2.40 bits per heavy atom. The second kappa shape index (κ2) is 5.68. The highest BCUT2D eigenvalue weighted by Crippen LogP contribution is 2.01. The van der Waals surface area contributed by atoms with E-state index in [9.17, 15) is 0 Å². The third-order valence-corrected chi connectivity index (χ3v) is 2.15. The Labute approximate surface area is 65.8 Å². The van der Waals surface area contributed by atoms with Crippen molar-refractivity contribution in [2.75, 3.05) is 0 Å². The number of allylic oxidation sites excluding steroid dienone is 1. The van der Waals surface area contributed by atoms with Gasteiger partial charge in [-0.1, -0.05) is 19.1 Å². The molecule has 0 heterocycles. The quantitative estimate of drug-likeness (QED) is 0.451. The highest BCUT2D eigenvalue weighted by atomic mass is 28.3. The third kappa shape index (κ3) is 4.76. The first-order valence-corrected chi connectivity index (χ1v) is 6.77. The molecule has 2 heteroatoms. The molecule has 60 valence electrons. The predicted octanol–water partition coefficient (Wildman–Crippen LogP) is 2.34. The van der Waals surface area contributed by atoms with E-state index in [0.29, 0.717) is 6.10 Å². The molecule has 0 aliphatic carbocycles. The summed E-state index contributed by atoms with van der Waals surface area (Å²) in [5.74, 6) is 0. The van der Waals surface area contributed by atoms with Gasteiger partial charge in [0.25, 0.3) is 0 Å². The molecular formula is C8H18OSi. The van der Waals surface area contributed by atoms with Crippen molar-refractivity contribution >= 4 is 9.04 Å². The molecule has 1 unspecified atom stereocenters. The van der Waals surface area contributed by atoms with Crippen LogP contribution in [0.1, 0.15) is 20.3 Å². The van der Waals surface area contributed by atoms with Gasteiger partial charge in [-0.15, -0.1) is 0 Å². The number of rotatable bonds is 4. The maximum Gasteiger partial charge on any atom is 0.171 e. The second-order valence-electron chi connectivity index (χ2n) is 2.66. The SMILES string of the molecule is CC=CC(CC)O[SiH](C)C. The molecule has 0 aromatic heterocycles. The Kier molecular flexibility index (Phi) is 5.64. The standard InChI is InChI=1S/C8H18OSi/c1-5-7-8(6-2)9-10(3)4/h5,7-8,10H,6H2,1-4H3. The fraction of sp³-hybridized carbons (Fsp3) is 0.750. The first-order chi connectivity index (χ1) is 4.70. The van der Waals surface area contributed by atoms with Gasteiger partial charge >= 0.3 is 0 Å². The van der Waals surface area contributed by atoms with E-state index < -0.39 is 9.04 Å². The Morgan fingerprint density at radius 2 is 2.10 bits per heavy atom. The van der Waals surface area contributed by atoms with E-state index in [1.165, 1.54) is 0 Å². The minimum atomic E-state index is -0.829. The fourth-order valence-electron chi connectivity index (χ4n) is 0.842. The van der Waals surface area contributed by atoms with Crippen LogP contribution >= 0.6 is 0 Å². The summed E-state index contributed by atoms with van der Waals surface area (Å²) in [7, 11) is -0.829. The molecule has 0 N–H and O–H groups in total. The van der Waals surface area contributed by atoms with Crippen molar-refractivity contribution in [2.24, 2.45) is 0 Å². The molecule has 0 amide bonds. The summed E-state index contributed by atoms with van der Waals surface area (Å²) >= 11 is 0. The Bertz CT molecular complexity index is 99.4. The lowest BCUT2D eigenvalue weighted by Gasteiger charge is -2.14. The summed E-state index contributed by atoms with van der Waals surface area (Å²) in [4.78, 5) is 0. The predicted molar refractivity (Wildman–Crippen MR) is 48.9 cm³/mol. The van der Waals surface area contributed by atoms with Gasteiger partial charge in [0.05, 0.1) is 6.10 Å². The second-order valence-corrected chi connectivity index (χ2v) is 5.03. The minimum absolute atomic E-state index is 0.372. The number of hydrogen-bond donors (Lipinski definition) is 0. The van der Waals surface area contributed by atoms with Crippen LogP contribution in [0.5, 0.6) is 0 Å². The molecule has 0 rings (SSSR count). The fourth-order valence-corrected chi connectivity index (χ4v) is 1.82. The summed E-state index contributed by atoms with van der Waals surface area (Å²) in [6.45, 7) is 8.59. The molecular weight excluding hydrogens is 140 g/mol. The highest BCUT2D eigenvalue weighted by Gasteiger charge is 2.03. The topological polar surface area (TPSA) is 9.23 Å². The smallest absolute Gasteiger partial charge is 0.171 e. The molecule has 1 nitrogen and oxygen atoms in total. The molecule has 1 atom stereocenters. The van der Waals surface area contributed by atoms with Crippen molar-refractivity contribution in [1.82, 2.24) is 0 Å². The Hall–Kier alpha value is -0.0831. The monoisotopic (exact) mass is 158 g/mol. The zero-order valence-corrected chi connectivity index (χ0v) is 8.58. The van der Waals surface area contributed by atoms with Gasteiger partial charge in [0.2, 0.25) is 0 Å². The van der Waals surface area contributed by atoms with Gasteiger partial charge < -0.3 is 4.43 Å². The molecule has 0 aliphatic rings. The molecule has 0 aromatic carbocycles. The lowest BCUT2D eigenvalue weighted by Crippen LogP contribution is -2.17. The van der Waals surface area contributed by atoms with Crippen LogP contribution in [0.15, 0.2) is 12.2 Å². The largest absolute Gasteiger partial charge is 0.414 e. The first kappa shape index (κ1) is 9.92. The van der Waals surface area contributed by atoms with Gasteiger partial charge in [-0.05, 0) is 26.4 Å². The maximum absolute atomic E-state index is 5.69. The van der Waals surface area contributed by atoms with E-state index in [-0.39, 0.29) is 0 Å². The summed E-state index contributed by atoms with van der Waals surface area (Å²) < 4.78 is 5.69. The minimum Gasteiger partial charge on any atom is -0.414 e. The zero-order chi connectivity index (χ0) is 7.98. The van der Waals surface area contributed by atoms with E-state index in [2.05, 4.69) is 32.2 Å². The maximum atomic E-state index is 5.69. The third-order valence-electron chi connectivity index (χ3n) is 1.26. The van der Waals surface area contributed by atoms with E-state index in [0.717, 1.165) is 6.42 Å². The molecule has 10 heavy (non-hydrogen) atoms. The number of hydrogen-bond acceptors (Lipinski definition) is 1. The van der Waals surface area contributed by atoms with E-state index in [4.69, 9.17) is 4.43 Å². The molecule has 0 fully saturated rings. The average Bonchev–Trinajstić information content (AvgIpc) is 1.86. The van der Waals surface area contributed by atoms with Gasteiger partial charge in [-0.25, -0.2) is 0 Å². The molecule has 0 saturated heterocycles. The van der Waals surface area contributed by atoms with Crippen molar-refractivity contribution in [3.05, 3.63) is 12.2 Å². The van der Waals surface area contributed by atoms with Crippen molar-refractivity contribution in [1.29, 1.82) is 0 Å². The van der Waals surface area contributed by atoms with Gasteiger partial charge in [0.15, 0.2) is 9.04 Å². The van der Waals surface area contributed by atoms with Crippen LogP contribution in [0.3, 0.4) is 0 Å². The van der Waals surface area contributed by atoms with Crippen molar-refractivity contribution in [2.45, 2.75) is 39.5 Å². The van der Waals surface area contributed by atoms with E-state index in [1.54, 1.807) is 0 Å². The van der Waals surface area contributed by atoms with Crippen LogP contribution < -0.4 is 0 Å². The molecule has 0 radical (unpaired) electrons. The van der Waals surface area contributed by atoms with Crippen LogP contribution in [0.2, 0.25) is 13.1 Å². The molecule has 0 aliphatic heterocycles. The normalized spacial score (nSPS) is 14.9. The van der Waals surface area contributed by atoms with Gasteiger partial charge in [0.1, 0.15) is 0 Å². The molecule has 0 spiro atoms. The van der Waals surface area contributed by atoms with Crippen molar-refractivity contribution in [3.8, 4) is 0 Å². The van der Waals surface area contributed by atoms with Crippen LogP contribution in [0.25, 0.3) is 0 Å². The van der Waals surface area contributed by atoms with Crippen LogP contribution in [0.4, 0.5) is 0 Å². The first-order valence-electron chi connectivity index (χ1n) is 3.99. The van der Waals surface area contributed by atoms with Crippen molar-refractivity contribution in [3.63, 3.8) is 0 Å². The average molecular weight is 158 g/mol. The van der Waals surface area contributed by atoms with Gasteiger partial charge in [-0.2, -0.15) is 0 Å². The summed E-state index contributed by atoms with van der Waals surface area (Å²) in [5, 5.41) is 0. The van der Waals surface area contributed by atoms with E-state index >= 15 is 0 Å². The van der Waals surface area contributed by atoms with Crippen LogP contribution in [0, 0.1) is 0 Å². The summed E-state index contributed by atoms with van der Waals surface area (Å²) in [5.41, 5.74) is 0. The van der Waals surface area contributed by atoms with E-state index in [1.807, 2.05) is 6.92 Å². The molecule has 0 saturated carbocycles. The zero-order valence-electron chi connectivity index (χ0n) is 7.42. The lowest BCUT2D eigenvalue weighted by molar-refractivity contribution is 0.250. The molecule has 0 aromatic rings. The Morgan fingerprint density at radius 1 is 1.50 bits per heavy atom. The molecule has 0 bridgehead atoms. The summed E-state index contributed by atoms with van der Waals surface area (Å²) in [6.07, 6.45) is 5.66. The van der Waals surface area contributed by atoms with Gasteiger partial charge in [-0.3, -0.25) is 0 Å².